The van der Waals surface area contributed by atoms with Crippen LogP contribution in [-0.2, 0) is 33.2 Å². The maximum Gasteiger partial charge on any atom is 0.276 e. The molecule has 0 saturated carbocycles. The van der Waals surface area contributed by atoms with Gasteiger partial charge in [-0.25, -0.2) is 9.37 Å². The number of aryl methyl sites for hydroxylation is 1. The van der Waals surface area contributed by atoms with Gasteiger partial charge in [-0.3, -0.25) is 9.48 Å². The summed E-state index contributed by atoms with van der Waals surface area (Å²) in [5, 5.41) is 13.8. The maximum atomic E-state index is 13.2. The van der Waals surface area contributed by atoms with Gasteiger partial charge in [0, 0.05) is 43.9 Å². The Morgan fingerprint density at radius 2 is 2.29 bits per heavy atom. The zero-order valence-corrected chi connectivity index (χ0v) is 15.3. The van der Waals surface area contributed by atoms with E-state index < -0.39 is 5.82 Å². The highest BCUT2D eigenvalue weighted by Gasteiger charge is 2.28. The molecular weight excluding hydrogens is 367 g/mol. The lowest BCUT2D eigenvalue weighted by Crippen LogP contribution is -2.36. The molecule has 3 aromatic rings. The van der Waals surface area contributed by atoms with E-state index in [2.05, 4.69) is 10.1 Å². The summed E-state index contributed by atoms with van der Waals surface area (Å²) in [7, 11) is 1.83. The summed E-state index contributed by atoms with van der Waals surface area (Å²) in [6.45, 7) is 0.701. The van der Waals surface area contributed by atoms with Crippen LogP contribution in [0, 0.1) is 5.82 Å². The van der Waals surface area contributed by atoms with Gasteiger partial charge < -0.3 is 19.2 Å². The third-order valence-corrected chi connectivity index (χ3v) is 4.69. The van der Waals surface area contributed by atoms with Gasteiger partial charge in [0.1, 0.15) is 17.8 Å². The Hall–Kier alpha value is -3.20. The molecule has 28 heavy (non-hydrogen) atoms. The van der Waals surface area contributed by atoms with Gasteiger partial charge in [-0.1, -0.05) is 6.07 Å². The lowest BCUT2D eigenvalue weighted by atomic mass is 10.0. The Bertz CT molecular complexity index is 1010. The highest BCUT2D eigenvalue weighted by atomic mass is 19.1. The first-order chi connectivity index (χ1) is 13.5. The molecule has 0 radical (unpaired) electrons. The minimum atomic E-state index is -0.400. The van der Waals surface area contributed by atoms with Crippen molar-refractivity contribution in [2.24, 2.45) is 7.05 Å². The molecule has 1 aliphatic heterocycles. The summed E-state index contributed by atoms with van der Waals surface area (Å²) in [6, 6.07) is 5.74. The van der Waals surface area contributed by atoms with E-state index in [9.17, 15) is 14.3 Å². The van der Waals surface area contributed by atoms with Crippen LogP contribution in [0.1, 0.15) is 33.3 Å². The van der Waals surface area contributed by atoms with Gasteiger partial charge in [-0.05, 0) is 12.1 Å². The number of benzene rings is 1. The predicted molar refractivity (Wildman–Crippen MR) is 94.8 cm³/mol. The Kier molecular flexibility index (Phi) is 4.82. The quantitative estimate of drug-likeness (QED) is 0.719. The number of amides is 1. The molecule has 1 amide bonds. The third-order valence-electron chi connectivity index (χ3n) is 4.69. The molecule has 1 aromatic carbocycles. The zero-order chi connectivity index (χ0) is 19.7. The Morgan fingerprint density at radius 1 is 1.43 bits per heavy atom. The SMILES string of the molecule is Cn1nc(CO)c2c1CCN(C(=O)c1coc(COc3cccc(F)c3)n1)C2. The van der Waals surface area contributed by atoms with Crippen molar-refractivity contribution in [3.05, 3.63) is 64.9 Å². The lowest BCUT2D eigenvalue weighted by Gasteiger charge is -2.26. The fourth-order valence-corrected chi connectivity index (χ4v) is 3.31. The number of carbonyl (C=O) groups excluding carboxylic acids is 1. The summed E-state index contributed by atoms with van der Waals surface area (Å²) in [5.41, 5.74) is 2.66. The average molecular weight is 386 g/mol. The number of ether oxygens (including phenoxy) is 1. The largest absolute Gasteiger partial charge is 0.484 e. The van der Waals surface area contributed by atoms with Crippen molar-refractivity contribution in [2.45, 2.75) is 26.2 Å². The van der Waals surface area contributed by atoms with Crippen molar-refractivity contribution < 1.29 is 23.4 Å². The second-order valence-corrected chi connectivity index (χ2v) is 6.50. The standard InChI is InChI=1S/C19H19FN4O4/c1-23-17-5-6-24(8-14(17)15(9-25)22-23)19(26)16-10-28-18(21-16)11-27-13-4-2-3-12(20)7-13/h2-4,7,10,25H,5-6,8-9,11H2,1H3. The minimum absolute atomic E-state index is 0.0157. The number of hydrogen-bond donors (Lipinski definition) is 1. The molecular formula is C19H19FN4O4. The first kappa shape index (κ1) is 18.2. The fourth-order valence-electron chi connectivity index (χ4n) is 3.31. The number of oxazole rings is 1. The van der Waals surface area contributed by atoms with Crippen LogP contribution in [0.5, 0.6) is 5.75 Å². The first-order valence-corrected chi connectivity index (χ1v) is 8.81. The van der Waals surface area contributed by atoms with Crippen LogP contribution in [0.25, 0.3) is 0 Å². The van der Waals surface area contributed by atoms with Crippen molar-refractivity contribution in [3.8, 4) is 5.75 Å². The maximum absolute atomic E-state index is 13.2. The molecule has 8 nitrogen and oxygen atoms in total. The van der Waals surface area contributed by atoms with Gasteiger partial charge in [0.25, 0.3) is 5.91 Å². The van der Waals surface area contributed by atoms with Crippen molar-refractivity contribution in [1.29, 1.82) is 0 Å². The molecule has 0 saturated heterocycles. The summed E-state index contributed by atoms with van der Waals surface area (Å²) < 4.78 is 25.7. The number of halogens is 1. The Labute approximate surface area is 160 Å². The van der Waals surface area contributed by atoms with Crippen LogP contribution in [0.4, 0.5) is 4.39 Å². The molecule has 2 aromatic heterocycles. The van der Waals surface area contributed by atoms with Crippen molar-refractivity contribution in [3.63, 3.8) is 0 Å². The topological polar surface area (TPSA) is 93.6 Å². The number of aliphatic hydroxyl groups is 1. The first-order valence-electron chi connectivity index (χ1n) is 8.81. The summed E-state index contributed by atoms with van der Waals surface area (Å²) in [5.74, 6) is -0.0903. The molecule has 1 aliphatic rings. The summed E-state index contributed by atoms with van der Waals surface area (Å²) >= 11 is 0. The van der Waals surface area contributed by atoms with Gasteiger partial charge >= 0.3 is 0 Å². The van der Waals surface area contributed by atoms with E-state index in [4.69, 9.17) is 9.15 Å². The minimum Gasteiger partial charge on any atom is -0.484 e. The predicted octanol–water partition coefficient (Wildman–Crippen LogP) is 1.82. The van der Waals surface area contributed by atoms with Gasteiger partial charge in [0.05, 0.1) is 12.3 Å². The van der Waals surface area contributed by atoms with Crippen LogP contribution in [0.3, 0.4) is 0 Å². The van der Waals surface area contributed by atoms with Crippen LogP contribution in [0.15, 0.2) is 34.9 Å². The second-order valence-electron chi connectivity index (χ2n) is 6.50. The highest BCUT2D eigenvalue weighted by molar-refractivity contribution is 5.92. The monoisotopic (exact) mass is 386 g/mol. The normalized spacial score (nSPS) is 13.5. The van der Waals surface area contributed by atoms with Gasteiger partial charge in [0.2, 0.25) is 5.89 Å². The van der Waals surface area contributed by atoms with Crippen molar-refractivity contribution in [2.75, 3.05) is 6.54 Å². The molecule has 0 atom stereocenters. The van der Waals surface area contributed by atoms with Crippen molar-refractivity contribution >= 4 is 5.91 Å². The molecule has 0 fully saturated rings. The fraction of sp³-hybridized carbons (Fsp3) is 0.316. The van der Waals surface area contributed by atoms with Gasteiger partial charge in [-0.2, -0.15) is 5.10 Å². The number of aliphatic hydroxyl groups excluding tert-OH is 1. The average Bonchev–Trinajstić information content (AvgIpc) is 3.30. The summed E-state index contributed by atoms with van der Waals surface area (Å²) in [6.07, 6.45) is 1.94. The molecule has 0 bridgehead atoms. The molecule has 3 heterocycles. The summed E-state index contributed by atoms with van der Waals surface area (Å²) in [4.78, 5) is 18.6. The van der Waals surface area contributed by atoms with E-state index in [1.807, 2.05) is 7.05 Å². The zero-order valence-electron chi connectivity index (χ0n) is 15.3. The molecule has 9 heteroatoms. The second kappa shape index (κ2) is 7.43. The third kappa shape index (κ3) is 3.48. The molecule has 0 spiro atoms. The van der Waals surface area contributed by atoms with E-state index in [0.29, 0.717) is 31.0 Å². The van der Waals surface area contributed by atoms with E-state index in [-0.39, 0.29) is 30.7 Å². The van der Waals surface area contributed by atoms with Crippen LogP contribution >= 0.6 is 0 Å². The number of aromatic nitrogens is 3. The van der Waals surface area contributed by atoms with E-state index >= 15 is 0 Å². The number of nitrogens with zero attached hydrogens (tertiary/aromatic N) is 4. The smallest absolute Gasteiger partial charge is 0.276 e. The van der Waals surface area contributed by atoms with Gasteiger partial charge in [-0.15, -0.1) is 0 Å². The molecule has 0 aliphatic carbocycles. The number of carbonyl (C=O) groups is 1. The lowest BCUT2D eigenvalue weighted by molar-refractivity contribution is 0.0726. The van der Waals surface area contributed by atoms with Crippen LogP contribution in [0.2, 0.25) is 0 Å². The Morgan fingerprint density at radius 3 is 3.07 bits per heavy atom. The molecule has 146 valence electrons. The van der Waals surface area contributed by atoms with Crippen molar-refractivity contribution in [1.82, 2.24) is 19.7 Å². The van der Waals surface area contributed by atoms with E-state index in [0.717, 1.165) is 11.3 Å². The van der Waals surface area contributed by atoms with E-state index in [1.165, 1.54) is 18.4 Å². The Balaban J connectivity index is 1.43. The van der Waals surface area contributed by atoms with E-state index in [1.54, 1.807) is 21.7 Å². The molecule has 4 rings (SSSR count). The van der Waals surface area contributed by atoms with Crippen LogP contribution < -0.4 is 4.74 Å². The number of hydrogen-bond acceptors (Lipinski definition) is 6. The van der Waals surface area contributed by atoms with Gasteiger partial charge in [0.15, 0.2) is 12.3 Å². The number of fused-ring (bicyclic) bond motifs is 1. The molecule has 1 N–H and O–H groups in total. The van der Waals surface area contributed by atoms with Crippen LogP contribution in [-0.4, -0.2) is 37.2 Å². The highest BCUT2D eigenvalue weighted by Crippen LogP contribution is 2.23. The molecule has 0 unspecified atom stereocenters. The number of rotatable bonds is 5.